The Morgan fingerprint density at radius 1 is 0.750 bits per heavy atom. The van der Waals surface area contributed by atoms with Crippen molar-refractivity contribution < 1.29 is 4.79 Å². The zero-order valence-electron chi connectivity index (χ0n) is 13.5. The van der Waals surface area contributed by atoms with Gasteiger partial charge in [-0.1, -0.05) is 70.4 Å². The van der Waals surface area contributed by atoms with E-state index < -0.39 is 0 Å². The Kier molecular flexibility index (Phi) is 17.5. The Morgan fingerprint density at radius 2 is 1.25 bits per heavy atom. The summed E-state index contributed by atoms with van der Waals surface area (Å²) in [6.45, 7) is 3.05. The minimum Gasteiger partial charge on any atom is -0.348 e. The van der Waals surface area contributed by atoms with Gasteiger partial charge in [-0.15, -0.1) is 0 Å². The fourth-order valence-corrected chi connectivity index (χ4v) is 2.34. The summed E-state index contributed by atoms with van der Waals surface area (Å²) in [6.07, 6.45) is 23.5. The van der Waals surface area contributed by atoms with E-state index in [1.807, 2.05) is 0 Å². The van der Waals surface area contributed by atoms with Crippen molar-refractivity contribution in [3.05, 3.63) is 12.2 Å². The van der Waals surface area contributed by atoms with E-state index in [0.717, 1.165) is 13.0 Å². The summed E-state index contributed by atoms with van der Waals surface area (Å²) < 4.78 is 0. The Labute approximate surface area is 126 Å². The van der Waals surface area contributed by atoms with Crippen LogP contribution in [0.2, 0.25) is 0 Å². The van der Waals surface area contributed by atoms with Crippen LogP contribution in [0.15, 0.2) is 12.2 Å². The Hall–Kier alpha value is -0.790. The van der Waals surface area contributed by atoms with Gasteiger partial charge < -0.3 is 5.32 Å². The highest BCUT2D eigenvalue weighted by molar-refractivity contribution is 5.46. The molecule has 0 saturated heterocycles. The Balaban J connectivity index is 3.03. The molecule has 0 saturated carbocycles. The molecule has 0 aliphatic rings. The summed E-state index contributed by atoms with van der Waals surface area (Å²) in [5.74, 6) is 0. The summed E-state index contributed by atoms with van der Waals surface area (Å²) in [4.78, 5) is 9.91. The summed E-state index contributed by atoms with van der Waals surface area (Å²) in [5, 5.41) is 2.58. The molecule has 0 aromatic rings. The van der Waals surface area contributed by atoms with Crippen LogP contribution in [0, 0.1) is 0 Å². The molecule has 0 rings (SSSR count). The van der Waals surface area contributed by atoms with Crippen LogP contribution in [0.4, 0.5) is 0 Å². The maximum Gasteiger partial charge on any atom is 0.309 e. The molecule has 1 radical (unpaired) electrons. The Morgan fingerprint density at radius 3 is 1.80 bits per heavy atom. The highest BCUT2D eigenvalue weighted by Gasteiger charge is 1.90. The summed E-state index contributed by atoms with van der Waals surface area (Å²) in [5.41, 5.74) is 0. The molecular formula is C18H34NO. The molecule has 0 atom stereocenters. The third kappa shape index (κ3) is 17.2. The van der Waals surface area contributed by atoms with Crippen LogP contribution in [0.1, 0.15) is 90.4 Å². The summed E-state index contributed by atoms with van der Waals surface area (Å²) in [7, 11) is 0. The molecule has 0 aliphatic heterocycles. The van der Waals surface area contributed by atoms with Gasteiger partial charge >= 0.3 is 6.41 Å². The predicted octanol–water partition coefficient (Wildman–Crippen LogP) is 5.29. The van der Waals surface area contributed by atoms with Gasteiger partial charge in [0, 0.05) is 6.54 Å². The number of amides is 1. The van der Waals surface area contributed by atoms with E-state index in [2.05, 4.69) is 24.4 Å². The van der Waals surface area contributed by atoms with Crippen LogP contribution in [0.3, 0.4) is 0 Å². The lowest BCUT2D eigenvalue weighted by atomic mass is 10.1. The normalized spacial score (nSPS) is 11.1. The molecule has 2 heteroatoms. The molecule has 0 bridgehead atoms. The first-order valence-electron chi connectivity index (χ1n) is 8.66. The van der Waals surface area contributed by atoms with Crippen molar-refractivity contribution in [1.82, 2.24) is 5.32 Å². The molecule has 1 amide bonds. The van der Waals surface area contributed by atoms with Crippen molar-refractivity contribution in [3.63, 3.8) is 0 Å². The first-order valence-corrected chi connectivity index (χ1v) is 8.66. The van der Waals surface area contributed by atoms with E-state index in [1.54, 1.807) is 6.41 Å². The number of hydrogen-bond donors (Lipinski definition) is 1. The van der Waals surface area contributed by atoms with Gasteiger partial charge in [0.1, 0.15) is 0 Å². The molecule has 2 nitrogen and oxygen atoms in total. The maximum atomic E-state index is 9.91. The molecule has 0 aromatic carbocycles. The van der Waals surface area contributed by atoms with Crippen molar-refractivity contribution in [2.24, 2.45) is 0 Å². The number of nitrogens with one attached hydrogen (secondary N) is 1. The van der Waals surface area contributed by atoms with Gasteiger partial charge in [0.25, 0.3) is 0 Å². The first kappa shape index (κ1) is 19.2. The molecule has 1 N–H and O–H groups in total. The van der Waals surface area contributed by atoms with E-state index in [1.165, 1.54) is 77.0 Å². The third-order valence-corrected chi connectivity index (χ3v) is 3.64. The Bertz CT molecular complexity index is 213. The van der Waals surface area contributed by atoms with Gasteiger partial charge in [-0.05, 0) is 32.1 Å². The van der Waals surface area contributed by atoms with Gasteiger partial charge in [0.05, 0.1) is 0 Å². The second-order valence-electron chi connectivity index (χ2n) is 5.61. The van der Waals surface area contributed by atoms with Crippen LogP contribution in [-0.2, 0) is 4.79 Å². The number of hydrogen-bond acceptors (Lipinski definition) is 1. The average molecular weight is 280 g/mol. The standard InChI is InChI=1S/C18H34NO/c1-2-3-4-5-6-7-8-9-10-11-12-13-14-15-16-17-19-18-20/h9-10H,2-8,11-17H2,1H3,(H,19,20)/b10-9-. The van der Waals surface area contributed by atoms with Crippen LogP contribution >= 0.6 is 0 Å². The van der Waals surface area contributed by atoms with Crippen LogP contribution in [0.5, 0.6) is 0 Å². The van der Waals surface area contributed by atoms with Gasteiger partial charge in [0.2, 0.25) is 0 Å². The number of carbonyl (C=O) groups excluding carboxylic acids is 1. The third-order valence-electron chi connectivity index (χ3n) is 3.64. The van der Waals surface area contributed by atoms with E-state index in [9.17, 15) is 4.79 Å². The molecular weight excluding hydrogens is 246 g/mol. The molecule has 20 heavy (non-hydrogen) atoms. The second kappa shape index (κ2) is 18.2. The zero-order chi connectivity index (χ0) is 14.7. The summed E-state index contributed by atoms with van der Waals surface area (Å²) in [6, 6.07) is 0. The van der Waals surface area contributed by atoms with Crippen molar-refractivity contribution in [2.45, 2.75) is 90.4 Å². The minimum absolute atomic E-state index is 0.779. The number of unbranched alkanes of at least 4 members (excludes halogenated alkanes) is 11. The van der Waals surface area contributed by atoms with E-state index in [0.29, 0.717) is 0 Å². The highest BCUT2D eigenvalue weighted by Crippen LogP contribution is 2.09. The molecule has 0 aliphatic carbocycles. The predicted molar refractivity (Wildman–Crippen MR) is 88.5 cm³/mol. The van der Waals surface area contributed by atoms with E-state index >= 15 is 0 Å². The molecule has 0 aromatic heterocycles. The van der Waals surface area contributed by atoms with Crippen molar-refractivity contribution >= 4 is 6.41 Å². The average Bonchev–Trinajstić information content (AvgIpc) is 2.47. The van der Waals surface area contributed by atoms with Gasteiger partial charge in [-0.25, -0.2) is 0 Å². The molecule has 0 heterocycles. The second-order valence-corrected chi connectivity index (χ2v) is 5.61. The smallest absolute Gasteiger partial charge is 0.309 e. The SMILES string of the molecule is CCCCCCCC/C=C\CCCCCCCN[C]=O. The monoisotopic (exact) mass is 280 g/mol. The maximum absolute atomic E-state index is 9.91. The van der Waals surface area contributed by atoms with Gasteiger partial charge in [-0.2, -0.15) is 0 Å². The van der Waals surface area contributed by atoms with Crippen molar-refractivity contribution in [1.29, 1.82) is 0 Å². The van der Waals surface area contributed by atoms with Crippen LogP contribution in [0.25, 0.3) is 0 Å². The van der Waals surface area contributed by atoms with Crippen LogP contribution in [-0.4, -0.2) is 13.0 Å². The summed E-state index contributed by atoms with van der Waals surface area (Å²) >= 11 is 0. The van der Waals surface area contributed by atoms with Crippen LogP contribution < -0.4 is 5.32 Å². The molecule has 117 valence electrons. The lowest BCUT2D eigenvalue weighted by Crippen LogP contribution is -2.11. The minimum atomic E-state index is 0.779. The molecule has 0 spiro atoms. The van der Waals surface area contributed by atoms with Gasteiger partial charge in [0.15, 0.2) is 0 Å². The van der Waals surface area contributed by atoms with Gasteiger partial charge in [-0.3, -0.25) is 4.79 Å². The molecule has 0 unspecified atom stereocenters. The number of allylic oxidation sites excluding steroid dienone is 2. The lowest BCUT2D eigenvalue weighted by Gasteiger charge is -1.99. The van der Waals surface area contributed by atoms with E-state index in [-0.39, 0.29) is 0 Å². The van der Waals surface area contributed by atoms with Crippen molar-refractivity contribution in [2.75, 3.05) is 6.54 Å². The van der Waals surface area contributed by atoms with Crippen molar-refractivity contribution in [3.8, 4) is 0 Å². The number of rotatable bonds is 16. The topological polar surface area (TPSA) is 29.1 Å². The fraction of sp³-hybridized carbons (Fsp3) is 0.833. The largest absolute Gasteiger partial charge is 0.348 e. The first-order chi connectivity index (χ1) is 9.91. The highest BCUT2D eigenvalue weighted by atomic mass is 16.1. The van der Waals surface area contributed by atoms with E-state index in [4.69, 9.17) is 0 Å². The fourth-order valence-electron chi connectivity index (χ4n) is 2.34. The zero-order valence-corrected chi connectivity index (χ0v) is 13.5. The quantitative estimate of drug-likeness (QED) is 0.232. The lowest BCUT2D eigenvalue weighted by molar-refractivity contribution is 0.535. The molecule has 0 fully saturated rings.